The molecule has 0 spiro atoms. The van der Waals surface area contributed by atoms with Gasteiger partial charge in [-0.1, -0.05) is 23.7 Å². The molecule has 0 amide bonds. The van der Waals surface area contributed by atoms with Crippen LogP contribution in [0.5, 0.6) is 23.0 Å². The molecule has 1 aliphatic rings. The third-order valence-corrected chi connectivity index (χ3v) is 10.9. The highest BCUT2D eigenvalue weighted by molar-refractivity contribution is 8.00. The Morgan fingerprint density at radius 1 is 1.02 bits per heavy atom. The number of esters is 1. The second-order valence-electron chi connectivity index (χ2n) is 13.1. The fourth-order valence-electron chi connectivity index (χ4n) is 6.24. The van der Waals surface area contributed by atoms with Gasteiger partial charge in [-0.25, -0.2) is 4.98 Å². The molecular weight excluding hydrogens is 672 g/mol. The SMILES string of the molecule is CCOC(=O)C(Cc1ccc(OCc2nc3ccc(OCC4(C)CCc5c(C)c(O)c(C)c(C)c5O4)cc3n2C)cc1)Sc1ccc(Cl)cc1. The van der Waals surface area contributed by atoms with Crippen LogP contribution in [-0.2, 0) is 36.0 Å². The summed E-state index contributed by atoms with van der Waals surface area (Å²) >= 11 is 7.51. The normalized spacial score (nSPS) is 16.1. The van der Waals surface area contributed by atoms with Gasteiger partial charge in [-0.05, 0) is 125 Å². The number of aromatic hydroxyl groups is 1. The van der Waals surface area contributed by atoms with Crippen molar-refractivity contribution in [3.8, 4) is 23.0 Å². The molecule has 1 N–H and O–H groups in total. The van der Waals surface area contributed by atoms with Crippen LogP contribution in [0, 0.1) is 20.8 Å². The summed E-state index contributed by atoms with van der Waals surface area (Å²) < 4.78 is 26.4. The van der Waals surface area contributed by atoms with Crippen molar-refractivity contribution >= 4 is 40.4 Å². The van der Waals surface area contributed by atoms with Crippen LogP contribution < -0.4 is 14.2 Å². The lowest BCUT2D eigenvalue weighted by atomic mass is 9.87. The fraction of sp³-hybridized carbons (Fsp3) is 0.350. The van der Waals surface area contributed by atoms with Gasteiger partial charge >= 0.3 is 5.97 Å². The molecule has 0 bridgehead atoms. The minimum Gasteiger partial charge on any atom is -0.507 e. The first-order chi connectivity index (χ1) is 23.9. The van der Waals surface area contributed by atoms with E-state index in [1.54, 1.807) is 0 Å². The van der Waals surface area contributed by atoms with E-state index in [9.17, 15) is 9.90 Å². The van der Waals surface area contributed by atoms with Crippen molar-refractivity contribution in [1.29, 1.82) is 0 Å². The highest BCUT2D eigenvalue weighted by Crippen LogP contribution is 2.43. The molecule has 50 heavy (non-hydrogen) atoms. The third-order valence-electron chi connectivity index (χ3n) is 9.44. The van der Waals surface area contributed by atoms with Crippen molar-refractivity contribution in [3.05, 3.63) is 105 Å². The maximum absolute atomic E-state index is 12.8. The van der Waals surface area contributed by atoms with Gasteiger partial charge in [-0.2, -0.15) is 0 Å². The largest absolute Gasteiger partial charge is 0.507 e. The van der Waals surface area contributed by atoms with Crippen LogP contribution in [0.4, 0.5) is 0 Å². The second kappa shape index (κ2) is 14.9. The lowest BCUT2D eigenvalue weighted by molar-refractivity contribution is -0.142. The van der Waals surface area contributed by atoms with Crippen molar-refractivity contribution in [2.24, 2.45) is 7.05 Å². The number of hydrogen-bond acceptors (Lipinski definition) is 8. The van der Waals surface area contributed by atoms with Crippen LogP contribution in [0.1, 0.15) is 53.9 Å². The van der Waals surface area contributed by atoms with Gasteiger partial charge in [-0.3, -0.25) is 4.79 Å². The van der Waals surface area contributed by atoms with Gasteiger partial charge in [0.05, 0.1) is 17.6 Å². The average Bonchev–Trinajstić information content (AvgIpc) is 3.43. The summed E-state index contributed by atoms with van der Waals surface area (Å²) in [6, 6.07) is 21.1. The molecule has 2 atom stereocenters. The smallest absolute Gasteiger partial charge is 0.319 e. The summed E-state index contributed by atoms with van der Waals surface area (Å²) in [6.45, 7) is 10.8. The number of phenolic OH excluding ortho intramolecular Hbond substituents is 1. The second-order valence-corrected chi connectivity index (χ2v) is 14.8. The molecule has 2 unspecified atom stereocenters. The Morgan fingerprint density at radius 3 is 2.46 bits per heavy atom. The van der Waals surface area contributed by atoms with Crippen LogP contribution in [-0.4, -0.2) is 44.7 Å². The summed E-state index contributed by atoms with van der Waals surface area (Å²) in [5.41, 5.74) is 6.11. The molecule has 1 aliphatic heterocycles. The van der Waals surface area contributed by atoms with Crippen LogP contribution in [0.15, 0.2) is 71.6 Å². The highest BCUT2D eigenvalue weighted by atomic mass is 35.5. The number of rotatable bonds is 12. The van der Waals surface area contributed by atoms with Crippen molar-refractivity contribution in [3.63, 3.8) is 0 Å². The maximum Gasteiger partial charge on any atom is 0.319 e. The summed E-state index contributed by atoms with van der Waals surface area (Å²) in [5, 5.41) is 10.8. The Balaban J connectivity index is 1.07. The van der Waals surface area contributed by atoms with Crippen LogP contribution >= 0.6 is 23.4 Å². The monoisotopic (exact) mass is 714 g/mol. The van der Waals surface area contributed by atoms with Gasteiger partial charge in [-0.15, -0.1) is 11.8 Å². The lowest BCUT2D eigenvalue weighted by Crippen LogP contribution is -2.42. The highest BCUT2D eigenvalue weighted by Gasteiger charge is 2.35. The Labute approximate surface area is 302 Å². The number of halogens is 1. The molecule has 10 heteroatoms. The Morgan fingerprint density at radius 2 is 1.74 bits per heavy atom. The first-order valence-corrected chi connectivity index (χ1v) is 18.1. The van der Waals surface area contributed by atoms with E-state index in [1.165, 1.54) is 11.8 Å². The van der Waals surface area contributed by atoms with E-state index >= 15 is 0 Å². The number of ether oxygens (including phenoxy) is 4. The molecule has 0 saturated heterocycles. The van der Waals surface area contributed by atoms with Gasteiger partial charge in [0.2, 0.25) is 0 Å². The number of hydrogen-bond donors (Lipinski definition) is 1. The molecule has 8 nitrogen and oxygen atoms in total. The zero-order chi connectivity index (χ0) is 35.6. The predicted molar refractivity (Wildman–Crippen MR) is 198 cm³/mol. The van der Waals surface area contributed by atoms with Gasteiger partial charge in [0.25, 0.3) is 0 Å². The van der Waals surface area contributed by atoms with E-state index < -0.39 is 5.60 Å². The van der Waals surface area contributed by atoms with E-state index in [2.05, 4.69) is 6.92 Å². The zero-order valence-corrected chi connectivity index (χ0v) is 30.9. The number of imidazole rings is 1. The first kappa shape index (κ1) is 35.5. The number of carbonyl (C=O) groups excluding carboxylic acids is 1. The number of fused-ring (bicyclic) bond motifs is 2. The standard InChI is InChI=1S/C40H43ClN2O6S/c1-7-46-39(45)35(50-31-15-10-28(41)11-16-31)20-27-8-12-29(13-9-27)47-22-36-42-33-17-14-30(21-34(33)43(36)6)48-23-40(5)19-18-32-26(4)37(44)24(2)25(3)38(32)49-40/h8-17,21,35,44H,7,18-20,22-23H2,1-6H3. The number of phenols is 1. The third kappa shape index (κ3) is 7.69. The fourth-order valence-corrected chi connectivity index (χ4v) is 7.43. The molecule has 1 aromatic heterocycles. The summed E-state index contributed by atoms with van der Waals surface area (Å²) in [7, 11) is 1.97. The van der Waals surface area contributed by atoms with Crippen LogP contribution in [0.3, 0.4) is 0 Å². The number of carbonyl (C=O) groups is 1. The summed E-state index contributed by atoms with van der Waals surface area (Å²) in [4.78, 5) is 18.5. The van der Waals surface area contributed by atoms with Crippen molar-refractivity contribution in [1.82, 2.24) is 9.55 Å². The number of aryl methyl sites for hydroxylation is 1. The molecule has 262 valence electrons. The molecule has 0 radical (unpaired) electrons. The van der Waals surface area contributed by atoms with E-state index in [1.807, 2.05) is 106 Å². The molecule has 6 rings (SSSR count). The van der Waals surface area contributed by atoms with Gasteiger partial charge < -0.3 is 28.6 Å². The lowest BCUT2D eigenvalue weighted by Gasteiger charge is -2.37. The molecule has 2 heterocycles. The molecule has 0 aliphatic carbocycles. The minimum atomic E-state index is -0.501. The number of aromatic nitrogens is 2. The number of thioether (sulfide) groups is 1. The topological polar surface area (TPSA) is 92.0 Å². The Kier molecular flexibility index (Phi) is 10.6. The van der Waals surface area contributed by atoms with E-state index in [0.717, 1.165) is 73.9 Å². The Bertz CT molecular complexity index is 2010. The van der Waals surface area contributed by atoms with Gasteiger partial charge in [0, 0.05) is 28.6 Å². The maximum atomic E-state index is 12.8. The predicted octanol–water partition coefficient (Wildman–Crippen LogP) is 8.87. The summed E-state index contributed by atoms with van der Waals surface area (Å²) in [5.74, 6) is 3.22. The number of benzene rings is 4. The quantitative estimate of drug-likeness (QED) is 0.101. The van der Waals surface area contributed by atoms with Crippen LogP contribution in [0.25, 0.3) is 11.0 Å². The Hall–Kier alpha value is -4.34. The van der Waals surface area contributed by atoms with Crippen LogP contribution in [0.2, 0.25) is 5.02 Å². The van der Waals surface area contributed by atoms with Crippen molar-refractivity contribution < 1.29 is 28.8 Å². The van der Waals surface area contributed by atoms with Crippen molar-refractivity contribution in [2.75, 3.05) is 13.2 Å². The number of nitrogens with zero attached hydrogens (tertiary/aromatic N) is 2. The van der Waals surface area contributed by atoms with Gasteiger partial charge in [0.15, 0.2) is 0 Å². The van der Waals surface area contributed by atoms with E-state index in [-0.39, 0.29) is 17.8 Å². The van der Waals surface area contributed by atoms with E-state index in [0.29, 0.717) is 36.2 Å². The molecule has 0 fully saturated rings. The zero-order valence-electron chi connectivity index (χ0n) is 29.3. The van der Waals surface area contributed by atoms with E-state index in [4.69, 9.17) is 35.5 Å². The minimum absolute atomic E-state index is 0.243. The van der Waals surface area contributed by atoms with Crippen molar-refractivity contribution in [2.45, 2.75) is 76.2 Å². The van der Waals surface area contributed by atoms with Gasteiger partial charge in [0.1, 0.15) is 52.9 Å². The average molecular weight is 715 g/mol. The molecular formula is C40H43ClN2O6S. The molecule has 4 aromatic carbocycles. The molecule has 0 saturated carbocycles. The first-order valence-electron chi connectivity index (χ1n) is 16.8. The molecule has 5 aromatic rings. The summed E-state index contributed by atoms with van der Waals surface area (Å²) in [6.07, 6.45) is 2.12.